The zero-order valence-corrected chi connectivity index (χ0v) is 14.1. The van der Waals surface area contributed by atoms with Gasteiger partial charge in [-0.2, -0.15) is 5.26 Å². The Labute approximate surface area is 139 Å². The molecule has 0 aliphatic rings. The largest absolute Gasteiger partial charge is 0.490 e. The molecular formula is C17H18N2O3S. The number of anilines is 1. The van der Waals surface area contributed by atoms with Gasteiger partial charge in [-0.25, -0.2) is 0 Å². The van der Waals surface area contributed by atoms with Gasteiger partial charge in [0.05, 0.1) is 12.2 Å². The molecule has 1 amide bonds. The van der Waals surface area contributed by atoms with Crippen LogP contribution < -0.4 is 14.8 Å². The van der Waals surface area contributed by atoms with E-state index in [1.165, 1.54) is 11.3 Å². The third-order valence-electron chi connectivity index (χ3n) is 3.26. The maximum atomic E-state index is 12.1. The molecule has 0 saturated heterocycles. The van der Waals surface area contributed by atoms with E-state index in [4.69, 9.17) is 9.47 Å². The molecule has 2 aromatic rings. The summed E-state index contributed by atoms with van der Waals surface area (Å²) in [5, 5.41) is 12.5. The van der Waals surface area contributed by atoms with Crippen LogP contribution in [0.1, 0.15) is 22.9 Å². The second-order valence-corrected chi connectivity index (χ2v) is 6.04. The molecule has 0 aliphatic heterocycles. The van der Waals surface area contributed by atoms with Crippen molar-refractivity contribution in [1.82, 2.24) is 0 Å². The first-order valence-corrected chi connectivity index (χ1v) is 8.03. The summed E-state index contributed by atoms with van der Waals surface area (Å²) in [5.41, 5.74) is 1.41. The molecule has 5 nitrogen and oxygen atoms in total. The normalized spacial score (nSPS) is 10.0. The maximum absolute atomic E-state index is 12.1. The highest BCUT2D eigenvalue weighted by Gasteiger charge is 2.15. The number of amides is 1. The van der Waals surface area contributed by atoms with Gasteiger partial charge in [0.1, 0.15) is 11.1 Å². The van der Waals surface area contributed by atoms with Crippen LogP contribution in [0.15, 0.2) is 24.3 Å². The number of nitriles is 1. The van der Waals surface area contributed by atoms with Gasteiger partial charge in [-0.15, -0.1) is 11.3 Å². The second kappa shape index (κ2) is 7.65. The zero-order chi connectivity index (χ0) is 16.8. The summed E-state index contributed by atoms with van der Waals surface area (Å²) in [7, 11) is 0. The highest BCUT2D eigenvalue weighted by molar-refractivity contribution is 7.16. The molecule has 1 N–H and O–H groups in total. The van der Waals surface area contributed by atoms with Crippen molar-refractivity contribution in [3.8, 4) is 17.6 Å². The van der Waals surface area contributed by atoms with Gasteiger partial charge in [-0.3, -0.25) is 4.79 Å². The first kappa shape index (κ1) is 16.8. The van der Waals surface area contributed by atoms with Crippen molar-refractivity contribution < 1.29 is 14.3 Å². The number of rotatable bonds is 6. The van der Waals surface area contributed by atoms with Crippen molar-refractivity contribution in [3.05, 3.63) is 40.3 Å². The Balaban J connectivity index is 2.02. The lowest BCUT2D eigenvalue weighted by molar-refractivity contribution is -0.118. The number of carbonyl (C=O) groups excluding carboxylic acids is 1. The van der Waals surface area contributed by atoms with E-state index in [9.17, 15) is 10.1 Å². The summed E-state index contributed by atoms with van der Waals surface area (Å²) in [6.07, 6.45) is 0. The van der Waals surface area contributed by atoms with Crippen LogP contribution in [0, 0.1) is 25.2 Å². The highest BCUT2D eigenvalue weighted by atomic mass is 32.1. The highest BCUT2D eigenvalue weighted by Crippen LogP contribution is 2.31. The summed E-state index contributed by atoms with van der Waals surface area (Å²) < 4.78 is 11.0. The number of hydrogen-bond acceptors (Lipinski definition) is 5. The number of ether oxygens (including phenoxy) is 2. The van der Waals surface area contributed by atoms with E-state index in [0.717, 1.165) is 10.4 Å². The molecule has 1 heterocycles. The fraction of sp³-hybridized carbons (Fsp3) is 0.294. The number of nitrogens with one attached hydrogen (secondary N) is 1. The van der Waals surface area contributed by atoms with Crippen LogP contribution in [-0.4, -0.2) is 19.1 Å². The molecule has 0 saturated carbocycles. The van der Waals surface area contributed by atoms with E-state index in [0.29, 0.717) is 28.7 Å². The van der Waals surface area contributed by atoms with Crippen molar-refractivity contribution >= 4 is 22.2 Å². The molecule has 1 aromatic carbocycles. The van der Waals surface area contributed by atoms with E-state index >= 15 is 0 Å². The van der Waals surface area contributed by atoms with E-state index in [2.05, 4.69) is 11.4 Å². The van der Waals surface area contributed by atoms with Crippen LogP contribution in [-0.2, 0) is 4.79 Å². The lowest BCUT2D eigenvalue weighted by Crippen LogP contribution is -2.20. The van der Waals surface area contributed by atoms with Crippen LogP contribution >= 0.6 is 11.3 Å². The first-order chi connectivity index (χ1) is 11.1. The quantitative estimate of drug-likeness (QED) is 0.877. The van der Waals surface area contributed by atoms with Crippen molar-refractivity contribution in [2.24, 2.45) is 0 Å². The number of nitrogens with zero attached hydrogens (tertiary/aromatic N) is 1. The Morgan fingerprint density at radius 1 is 1.26 bits per heavy atom. The summed E-state index contributed by atoms with van der Waals surface area (Å²) in [6, 6.07) is 9.32. The van der Waals surface area contributed by atoms with E-state index in [1.807, 2.05) is 32.9 Å². The van der Waals surface area contributed by atoms with Crippen LogP contribution in [0.25, 0.3) is 0 Å². The molecule has 0 unspecified atom stereocenters. The molecule has 0 spiro atoms. The molecule has 23 heavy (non-hydrogen) atoms. The lowest BCUT2D eigenvalue weighted by atomic mass is 10.2. The molecule has 0 atom stereocenters. The summed E-state index contributed by atoms with van der Waals surface area (Å²) in [5.74, 6) is 0.806. The van der Waals surface area contributed by atoms with E-state index in [1.54, 1.807) is 12.1 Å². The molecule has 0 aliphatic carbocycles. The monoisotopic (exact) mass is 330 g/mol. The maximum Gasteiger partial charge on any atom is 0.262 e. The number of aryl methyl sites for hydroxylation is 1. The van der Waals surface area contributed by atoms with Crippen LogP contribution in [0.3, 0.4) is 0 Å². The summed E-state index contributed by atoms with van der Waals surface area (Å²) >= 11 is 1.39. The molecule has 2 rings (SSSR count). The smallest absolute Gasteiger partial charge is 0.262 e. The van der Waals surface area contributed by atoms with Gasteiger partial charge in [0.15, 0.2) is 18.1 Å². The fourth-order valence-electron chi connectivity index (χ4n) is 2.00. The fourth-order valence-corrected chi connectivity index (χ4v) is 3.03. The number of para-hydroxylation sites is 2. The minimum absolute atomic E-state index is 0.148. The first-order valence-electron chi connectivity index (χ1n) is 7.21. The van der Waals surface area contributed by atoms with Gasteiger partial charge in [0, 0.05) is 4.88 Å². The number of hydrogen-bond donors (Lipinski definition) is 1. The second-order valence-electron chi connectivity index (χ2n) is 4.82. The van der Waals surface area contributed by atoms with Crippen molar-refractivity contribution in [3.63, 3.8) is 0 Å². The van der Waals surface area contributed by atoms with Gasteiger partial charge >= 0.3 is 0 Å². The van der Waals surface area contributed by atoms with Crippen LogP contribution in [0.5, 0.6) is 11.5 Å². The number of thiophene rings is 1. The molecule has 120 valence electrons. The Morgan fingerprint density at radius 2 is 1.91 bits per heavy atom. The topological polar surface area (TPSA) is 71.3 Å². The third-order valence-corrected chi connectivity index (χ3v) is 4.38. The molecule has 0 fully saturated rings. The van der Waals surface area contributed by atoms with E-state index < -0.39 is 0 Å². The molecule has 6 heteroatoms. The summed E-state index contributed by atoms with van der Waals surface area (Å²) in [4.78, 5) is 13.1. The van der Waals surface area contributed by atoms with E-state index in [-0.39, 0.29) is 12.5 Å². The van der Waals surface area contributed by atoms with Crippen molar-refractivity contribution in [2.75, 3.05) is 18.5 Å². The third kappa shape index (κ3) is 4.02. The minimum atomic E-state index is -0.311. The number of carbonyl (C=O) groups is 1. The molecule has 0 bridgehead atoms. The SMILES string of the molecule is CCOc1ccccc1OCC(=O)Nc1sc(C)c(C)c1C#N. The average Bonchev–Trinajstić information content (AvgIpc) is 2.80. The molecular weight excluding hydrogens is 312 g/mol. The van der Waals surface area contributed by atoms with Crippen LogP contribution in [0.4, 0.5) is 5.00 Å². The zero-order valence-electron chi connectivity index (χ0n) is 13.3. The van der Waals surface area contributed by atoms with Crippen molar-refractivity contribution in [1.29, 1.82) is 5.26 Å². The average molecular weight is 330 g/mol. The van der Waals surface area contributed by atoms with Gasteiger partial charge in [0.2, 0.25) is 0 Å². The Morgan fingerprint density at radius 3 is 2.52 bits per heavy atom. The van der Waals surface area contributed by atoms with Gasteiger partial charge in [0.25, 0.3) is 5.91 Å². The summed E-state index contributed by atoms with van der Waals surface area (Å²) in [6.45, 7) is 6.05. The van der Waals surface area contributed by atoms with Gasteiger partial charge in [-0.1, -0.05) is 12.1 Å². The predicted molar refractivity (Wildman–Crippen MR) is 90.2 cm³/mol. The standard InChI is InChI=1S/C17H18N2O3S/c1-4-21-14-7-5-6-8-15(14)22-10-16(20)19-17-13(9-18)11(2)12(3)23-17/h5-8H,4,10H2,1-3H3,(H,19,20). The van der Waals surface area contributed by atoms with Gasteiger partial charge in [-0.05, 0) is 38.5 Å². The number of benzene rings is 1. The minimum Gasteiger partial charge on any atom is -0.490 e. The predicted octanol–water partition coefficient (Wildman–Crippen LogP) is 3.65. The Kier molecular flexibility index (Phi) is 5.61. The van der Waals surface area contributed by atoms with Crippen LogP contribution in [0.2, 0.25) is 0 Å². The Bertz CT molecular complexity index is 747. The lowest BCUT2D eigenvalue weighted by Gasteiger charge is -2.11. The Hall–Kier alpha value is -2.52. The van der Waals surface area contributed by atoms with Crippen molar-refractivity contribution in [2.45, 2.75) is 20.8 Å². The molecule has 1 aromatic heterocycles. The van der Waals surface area contributed by atoms with Gasteiger partial charge < -0.3 is 14.8 Å². The molecule has 0 radical (unpaired) electrons.